The molecular formula is C29H35N7OSi. The lowest BCUT2D eigenvalue weighted by Crippen LogP contribution is -2.40. The smallest absolute Gasteiger partial charge is 0.192 e. The van der Waals surface area contributed by atoms with Crippen LogP contribution in [0.3, 0.4) is 0 Å². The first-order valence-corrected chi connectivity index (χ1v) is 15.8. The fourth-order valence-corrected chi connectivity index (χ4v) is 5.00. The Morgan fingerprint density at radius 3 is 2.42 bits per heavy atom. The molecule has 0 fully saturated rings. The molecule has 2 N–H and O–H groups in total. The molecule has 0 bridgehead atoms. The molecule has 0 amide bonds. The van der Waals surface area contributed by atoms with Crippen molar-refractivity contribution in [2.75, 3.05) is 5.73 Å². The molecule has 0 radical (unpaired) electrons. The molecule has 0 atom stereocenters. The van der Waals surface area contributed by atoms with Gasteiger partial charge in [-0.2, -0.15) is 5.10 Å². The minimum absolute atomic E-state index is 0.165. The van der Waals surface area contributed by atoms with E-state index in [1.807, 2.05) is 41.3 Å². The van der Waals surface area contributed by atoms with E-state index in [1.54, 1.807) is 6.20 Å². The van der Waals surface area contributed by atoms with Crippen molar-refractivity contribution in [3.05, 3.63) is 72.7 Å². The SMILES string of the molecule is CCn1cc(-c2ccc3nc(-c4cccnc4N)n(-c4ccc(CO[Si](C)(C)C(C)(C)C)cc4)c3n2)cn1. The number of nitrogens with zero attached hydrogens (tertiary/aromatic N) is 6. The Balaban J connectivity index is 1.59. The highest BCUT2D eigenvalue weighted by molar-refractivity contribution is 6.74. The third kappa shape index (κ3) is 4.87. The molecule has 9 heteroatoms. The van der Waals surface area contributed by atoms with Gasteiger partial charge in [0, 0.05) is 30.2 Å². The predicted octanol–water partition coefficient (Wildman–Crippen LogP) is 6.47. The van der Waals surface area contributed by atoms with Crippen molar-refractivity contribution < 1.29 is 4.43 Å². The first-order valence-electron chi connectivity index (χ1n) is 12.9. The zero-order chi connectivity index (χ0) is 27.1. The maximum atomic E-state index is 6.44. The van der Waals surface area contributed by atoms with Gasteiger partial charge in [0.1, 0.15) is 11.3 Å². The number of imidazole rings is 1. The van der Waals surface area contributed by atoms with E-state index >= 15 is 0 Å². The third-order valence-corrected chi connectivity index (χ3v) is 11.9. The van der Waals surface area contributed by atoms with Crippen LogP contribution in [0.25, 0.3) is 39.5 Å². The van der Waals surface area contributed by atoms with Gasteiger partial charge in [0.2, 0.25) is 0 Å². The summed E-state index contributed by atoms with van der Waals surface area (Å²) in [6, 6.07) is 16.2. The molecule has 0 saturated carbocycles. The number of nitrogen functional groups attached to an aromatic ring is 1. The van der Waals surface area contributed by atoms with Gasteiger partial charge in [-0.25, -0.2) is 15.0 Å². The fourth-order valence-electron chi connectivity index (χ4n) is 4.04. The number of rotatable bonds is 7. The highest BCUT2D eigenvalue weighted by Crippen LogP contribution is 2.37. The molecule has 0 aliphatic heterocycles. The van der Waals surface area contributed by atoms with Gasteiger partial charge in [-0.3, -0.25) is 9.25 Å². The second-order valence-electron chi connectivity index (χ2n) is 11.0. The summed E-state index contributed by atoms with van der Waals surface area (Å²) < 4.78 is 10.4. The van der Waals surface area contributed by atoms with Crippen LogP contribution in [0.4, 0.5) is 5.82 Å². The van der Waals surface area contributed by atoms with Crippen LogP contribution >= 0.6 is 0 Å². The molecule has 0 aliphatic rings. The summed E-state index contributed by atoms with van der Waals surface area (Å²) in [5.41, 5.74) is 12.4. The van der Waals surface area contributed by atoms with Gasteiger partial charge >= 0.3 is 0 Å². The molecule has 0 saturated heterocycles. The van der Waals surface area contributed by atoms with E-state index in [4.69, 9.17) is 20.1 Å². The predicted molar refractivity (Wildman–Crippen MR) is 155 cm³/mol. The normalized spacial score (nSPS) is 12.4. The average Bonchev–Trinajstić information content (AvgIpc) is 3.52. The Labute approximate surface area is 224 Å². The third-order valence-electron chi connectivity index (χ3n) is 7.44. The minimum atomic E-state index is -1.84. The van der Waals surface area contributed by atoms with Gasteiger partial charge in [0.15, 0.2) is 19.8 Å². The molecule has 4 heterocycles. The van der Waals surface area contributed by atoms with Crippen molar-refractivity contribution in [3.63, 3.8) is 0 Å². The number of pyridine rings is 2. The summed E-state index contributed by atoms with van der Waals surface area (Å²) in [7, 11) is -1.84. The van der Waals surface area contributed by atoms with Crippen molar-refractivity contribution in [1.29, 1.82) is 0 Å². The van der Waals surface area contributed by atoms with E-state index in [9.17, 15) is 0 Å². The Hall–Kier alpha value is -3.82. The molecule has 8 nitrogen and oxygen atoms in total. The molecule has 5 aromatic rings. The molecule has 1 aromatic carbocycles. The number of anilines is 1. The highest BCUT2D eigenvalue weighted by Gasteiger charge is 2.37. The average molecular weight is 526 g/mol. The quantitative estimate of drug-likeness (QED) is 0.245. The molecule has 5 rings (SSSR count). The van der Waals surface area contributed by atoms with Crippen LogP contribution in [-0.2, 0) is 17.6 Å². The maximum absolute atomic E-state index is 6.44. The van der Waals surface area contributed by atoms with Gasteiger partial charge in [-0.05, 0) is 67.0 Å². The van der Waals surface area contributed by atoms with Crippen LogP contribution in [0.1, 0.15) is 33.3 Å². The Morgan fingerprint density at radius 1 is 1.00 bits per heavy atom. The van der Waals surface area contributed by atoms with Gasteiger partial charge < -0.3 is 10.2 Å². The summed E-state index contributed by atoms with van der Waals surface area (Å²) >= 11 is 0. The van der Waals surface area contributed by atoms with Gasteiger partial charge in [-0.1, -0.05) is 32.9 Å². The van der Waals surface area contributed by atoms with Crippen LogP contribution in [0.2, 0.25) is 18.1 Å². The Morgan fingerprint density at radius 2 is 1.76 bits per heavy atom. The van der Waals surface area contributed by atoms with Crippen LogP contribution < -0.4 is 5.73 Å². The van der Waals surface area contributed by atoms with Crippen LogP contribution in [0.5, 0.6) is 0 Å². The summed E-state index contributed by atoms with van der Waals surface area (Å²) in [6.45, 7) is 14.8. The molecule has 0 unspecified atom stereocenters. The maximum Gasteiger partial charge on any atom is 0.192 e. The Bertz CT molecular complexity index is 1580. The Kier molecular flexibility index (Phi) is 6.66. The lowest BCUT2D eigenvalue weighted by atomic mass is 10.2. The topological polar surface area (TPSA) is 96.7 Å². The van der Waals surface area contributed by atoms with E-state index in [1.165, 1.54) is 0 Å². The standard InChI is InChI=1S/C29H35N7OSi/c1-7-35-18-21(17-32-35)24-14-15-25-28(33-24)36(27(34-25)23-9-8-16-31-26(23)30)22-12-10-20(11-13-22)19-37-38(5,6)29(2,3)4/h8-18H,7,19H2,1-6H3,(H2,30,31). The second kappa shape index (κ2) is 9.81. The van der Waals surface area contributed by atoms with Crippen molar-refractivity contribution in [1.82, 2.24) is 29.3 Å². The molecular weight excluding hydrogens is 490 g/mol. The number of aryl methyl sites for hydroxylation is 1. The first-order chi connectivity index (χ1) is 18.1. The van der Waals surface area contributed by atoms with Gasteiger partial charge in [0.05, 0.1) is 24.1 Å². The summed E-state index contributed by atoms with van der Waals surface area (Å²) in [5, 5.41) is 4.58. The largest absolute Gasteiger partial charge is 0.413 e. The van der Waals surface area contributed by atoms with Crippen LogP contribution in [0.15, 0.2) is 67.1 Å². The van der Waals surface area contributed by atoms with Gasteiger partial charge in [-0.15, -0.1) is 0 Å². The van der Waals surface area contributed by atoms with Crippen molar-refractivity contribution in [2.24, 2.45) is 0 Å². The summed E-state index contributed by atoms with van der Waals surface area (Å²) in [6.07, 6.45) is 5.53. The number of nitrogens with two attached hydrogens (primary N) is 1. The number of aromatic nitrogens is 6. The summed E-state index contributed by atoms with van der Waals surface area (Å²) in [5.74, 6) is 1.12. The van der Waals surface area contributed by atoms with Crippen LogP contribution in [0, 0.1) is 0 Å². The number of fused-ring (bicyclic) bond motifs is 1. The second-order valence-corrected chi connectivity index (χ2v) is 15.9. The lowest BCUT2D eigenvalue weighted by Gasteiger charge is -2.36. The van der Waals surface area contributed by atoms with Crippen molar-refractivity contribution >= 4 is 25.3 Å². The van der Waals surface area contributed by atoms with Crippen LogP contribution in [-0.4, -0.2) is 37.6 Å². The van der Waals surface area contributed by atoms with E-state index in [0.29, 0.717) is 18.2 Å². The van der Waals surface area contributed by atoms with E-state index < -0.39 is 8.32 Å². The molecule has 0 spiro atoms. The zero-order valence-corrected chi connectivity index (χ0v) is 23.9. The molecule has 196 valence electrons. The van der Waals surface area contributed by atoms with Gasteiger partial charge in [0.25, 0.3) is 0 Å². The summed E-state index contributed by atoms with van der Waals surface area (Å²) in [4.78, 5) is 14.3. The minimum Gasteiger partial charge on any atom is -0.413 e. The fraction of sp³-hybridized carbons (Fsp3) is 0.310. The van der Waals surface area contributed by atoms with E-state index in [0.717, 1.165) is 45.8 Å². The van der Waals surface area contributed by atoms with E-state index in [2.05, 4.69) is 79.7 Å². The molecule has 0 aliphatic carbocycles. The molecule has 38 heavy (non-hydrogen) atoms. The number of hydrogen-bond acceptors (Lipinski definition) is 6. The first kappa shape index (κ1) is 25.8. The van der Waals surface area contributed by atoms with E-state index in [-0.39, 0.29) is 5.04 Å². The molecule has 4 aromatic heterocycles. The monoisotopic (exact) mass is 525 g/mol. The van der Waals surface area contributed by atoms with Crippen molar-refractivity contribution in [2.45, 2.75) is 59.0 Å². The number of benzene rings is 1. The highest BCUT2D eigenvalue weighted by atomic mass is 28.4. The lowest BCUT2D eigenvalue weighted by molar-refractivity contribution is 0.276. The number of hydrogen-bond donors (Lipinski definition) is 1. The zero-order valence-electron chi connectivity index (χ0n) is 22.9. The van der Waals surface area contributed by atoms with Crippen molar-refractivity contribution in [3.8, 4) is 28.3 Å².